The van der Waals surface area contributed by atoms with Gasteiger partial charge in [-0.1, -0.05) is 12.1 Å². The lowest BCUT2D eigenvalue weighted by Gasteiger charge is -2.06. The number of halogens is 1. The molecule has 0 bridgehead atoms. The van der Waals surface area contributed by atoms with E-state index in [1.54, 1.807) is 24.3 Å². The van der Waals surface area contributed by atoms with E-state index >= 15 is 0 Å². The van der Waals surface area contributed by atoms with Crippen molar-refractivity contribution in [3.63, 3.8) is 0 Å². The summed E-state index contributed by atoms with van der Waals surface area (Å²) in [6.45, 7) is 2.60. The molecule has 0 atom stereocenters. The largest absolute Gasteiger partial charge is 0.364 e. The van der Waals surface area contributed by atoms with E-state index < -0.39 is 0 Å². The highest BCUT2D eigenvalue weighted by Gasteiger charge is 2.13. The Morgan fingerprint density at radius 1 is 1.12 bits per heavy atom. The Balaban J connectivity index is 1.67. The lowest BCUT2D eigenvalue weighted by molar-refractivity contribution is 0.629. The van der Waals surface area contributed by atoms with Gasteiger partial charge in [-0.05, 0) is 31.2 Å². The van der Waals surface area contributed by atoms with Crippen LogP contribution in [0.4, 0.5) is 10.2 Å². The molecule has 25 heavy (non-hydrogen) atoms. The second kappa shape index (κ2) is 5.97. The molecule has 0 unspecified atom stereocenters. The number of benzene rings is 1. The summed E-state index contributed by atoms with van der Waals surface area (Å²) in [5, 5.41) is 20.1. The highest BCUT2D eigenvalue weighted by Crippen LogP contribution is 2.21. The number of fused-ring (bicyclic) bond motifs is 1. The predicted octanol–water partition coefficient (Wildman–Crippen LogP) is 2.58. The third-order valence-electron chi connectivity index (χ3n) is 4.17. The summed E-state index contributed by atoms with van der Waals surface area (Å²) in [5.74, 6) is 0.658. The van der Waals surface area contributed by atoms with Gasteiger partial charge in [0.25, 0.3) is 0 Å². The van der Waals surface area contributed by atoms with E-state index in [0.29, 0.717) is 29.4 Å². The van der Waals surface area contributed by atoms with E-state index in [1.165, 1.54) is 10.6 Å². The van der Waals surface area contributed by atoms with E-state index in [-0.39, 0.29) is 5.82 Å². The molecule has 1 aromatic carbocycles. The Morgan fingerprint density at radius 2 is 1.96 bits per heavy atom. The zero-order chi connectivity index (χ0) is 17.4. The van der Waals surface area contributed by atoms with Crippen molar-refractivity contribution in [1.82, 2.24) is 29.6 Å². The highest BCUT2D eigenvalue weighted by molar-refractivity contribution is 5.60. The van der Waals surface area contributed by atoms with Gasteiger partial charge in [-0.25, -0.2) is 4.39 Å². The molecule has 3 heterocycles. The normalized spacial score (nSPS) is 11.2. The number of hydrogen-bond acceptors (Lipinski definition) is 5. The van der Waals surface area contributed by atoms with Crippen LogP contribution < -0.4 is 5.32 Å². The summed E-state index contributed by atoms with van der Waals surface area (Å²) in [6, 6.07) is 10.1. The molecule has 0 fully saturated rings. The summed E-state index contributed by atoms with van der Waals surface area (Å²) in [5.41, 5.74) is 3.09. The lowest BCUT2D eigenvalue weighted by Crippen LogP contribution is -2.06. The van der Waals surface area contributed by atoms with Gasteiger partial charge in [0.2, 0.25) is 0 Å². The Kier molecular flexibility index (Phi) is 3.64. The van der Waals surface area contributed by atoms with Gasteiger partial charge in [-0.15, -0.1) is 15.3 Å². The molecule has 0 saturated carbocycles. The SMILES string of the molecule is Cc1c(CNc2ccc3nnc(-c4ccccc4F)n3n2)cnn1C. The predicted molar refractivity (Wildman–Crippen MR) is 91.4 cm³/mol. The van der Waals surface area contributed by atoms with Crippen molar-refractivity contribution in [3.05, 3.63) is 59.7 Å². The minimum absolute atomic E-state index is 0.358. The maximum absolute atomic E-state index is 14.1. The van der Waals surface area contributed by atoms with E-state index in [0.717, 1.165) is 11.3 Å². The number of rotatable bonds is 4. The Hall–Kier alpha value is -3.29. The van der Waals surface area contributed by atoms with Crippen molar-refractivity contribution in [2.75, 3.05) is 5.32 Å². The van der Waals surface area contributed by atoms with Crippen molar-refractivity contribution < 1.29 is 4.39 Å². The van der Waals surface area contributed by atoms with Gasteiger partial charge in [-0.3, -0.25) is 4.68 Å². The van der Waals surface area contributed by atoms with Crippen LogP contribution in [0, 0.1) is 12.7 Å². The van der Waals surface area contributed by atoms with E-state index in [2.05, 4.69) is 25.7 Å². The van der Waals surface area contributed by atoms with Gasteiger partial charge in [0.05, 0.1) is 11.8 Å². The van der Waals surface area contributed by atoms with Gasteiger partial charge in [0, 0.05) is 24.8 Å². The molecule has 0 aliphatic carbocycles. The molecule has 0 spiro atoms. The molecular weight excluding hydrogens is 321 g/mol. The van der Waals surface area contributed by atoms with Crippen LogP contribution >= 0.6 is 0 Å². The average molecular weight is 337 g/mol. The van der Waals surface area contributed by atoms with Crippen LogP contribution in [0.2, 0.25) is 0 Å². The summed E-state index contributed by atoms with van der Waals surface area (Å²) in [6.07, 6.45) is 1.82. The van der Waals surface area contributed by atoms with Crippen LogP contribution in [-0.4, -0.2) is 29.6 Å². The van der Waals surface area contributed by atoms with Crippen molar-refractivity contribution >= 4 is 11.5 Å². The topological polar surface area (TPSA) is 72.9 Å². The summed E-state index contributed by atoms with van der Waals surface area (Å²) in [7, 11) is 1.90. The lowest BCUT2D eigenvalue weighted by atomic mass is 10.2. The third-order valence-corrected chi connectivity index (χ3v) is 4.17. The molecule has 0 aliphatic heterocycles. The van der Waals surface area contributed by atoms with E-state index in [9.17, 15) is 4.39 Å². The molecule has 0 radical (unpaired) electrons. The van der Waals surface area contributed by atoms with Crippen LogP contribution in [-0.2, 0) is 13.6 Å². The maximum Gasteiger partial charge on any atom is 0.188 e. The number of nitrogens with zero attached hydrogens (tertiary/aromatic N) is 6. The van der Waals surface area contributed by atoms with Crippen LogP contribution in [0.3, 0.4) is 0 Å². The van der Waals surface area contributed by atoms with Crippen LogP contribution in [0.25, 0.3) is 17.0 Å². The highest BCUT2D eigenvalue weighted by atomic mass is 19.1. The van der Waals surface area contributed by atoms with Crippen LogP contribution in [0.15, 0.2) is 42.6 Å². The molecule has 0 aliphatic rings. The smallest absolute Gasteiger partial charge is 0.188 e. The summed E-state index contributed by atoms with van der Waals surface area (Å²) >= 11 is 0. The maximum atomic E-state index is 14.1. The molecule has 3 aromatic heterocycles. The van der Waals surface area contributed by atoms with E-state index in [1.807, 2.05) is 30.9 Å². The standard InChI is InChI=1S/C17H16FN7/c1-11-12(10-20-24(11)2)9-19-15-7-8-16-21-22-17(25(16)23-15)13-5-3-4-6-14(13)18/h3-8,10H,9H2,1-2H3,(H,19,23). The average Bonchev–Trinajstić information content (AvgIpc) is 3.18. The van der Waals surface area contributed by atoms with Crippen molar-refractivity contribution in [2.24, 2.45) is 7.05 Å². The molecular formula is C17H16FN7. The molecule has 4 aromatic rings. The fourth-order valence-electron chi connectivity index (χ4n) is 2.60. The molecule has 8 heteroatoms. The number of aryl methyl sites for hydroxylation is 1. The second-order valence-corrected chi connectivity index (χ2v) is 5.72. The molecule has 126 valence electrons. The van der Waals surface area contributed by atoms with Crippen molar-refractivity contribution in [1.29, 1.82) is 0 Å². The molecule has 4 rings (SSSR count). The molecule has 1 N–H and O–H groups in total. The third kappa shape index (κ3) is 2.71. The van der Waals surface area contributed by atoms with Gasteiger partial charge in [0.1, 0.15) is 11.6 Å². The number of aromatic nitrogens is 6. The Labute approximate surface area is 143 Å². The van der Waals surface area contributed by atoms with Gasteiger partial charge in [0.15, 0.2) is 11.5 Å². The first-order valence-corrected chi connectivity index (χ1v) is 7.82. The number of anilines is 1. The van der Waals surface area contributed by atoms with Gasteiger partial charge in [-0.2, -0.15) is 9.61 Å². The summed E-state index contributed by atoms with van der Waals surface area (Å²) in [4.78, 5) is 0. The second-order valence-electron chi connectivity index (χ2n) is 5.72. The fraction of sp³-hybridized carbons (Fsp3) is 0.176. The zero-order valence-electron chi connectivity index (χ0n) is 13.8. The minimum Gasteiger partial charge on any atom is -0.364 e. The molecule has 0 amide bonds. The Morgan fingerprint density at radius 3 is 2.72 bits per heavy atom. The van der Waals surface area contributed by atoms with Crippen LogP contribution in [0.1, 0.15) is 11.3 Å². The van der Waals surface area contributed by atoms with Crippen LogP contribution in [0.5, 0.6) is 0 Å². The fourth-order valence-corrected chi connectivity index (χ4v) is 2.60. The first kappa shape index (κ1) is 15.3. The molecule has 7 nitrogen and oxygen atoms in total. The van der Waals surface area contributed by atoms with E-state index in [4.69, 9.17) is 0 Å². The van der Waals surface area contributed by atoms with Gasteiger partial charge < -0.3 is 5.32 Å². The molecule has 0 saturated heterocycles. The first-order valence-electron chi connectivity index (χ1n) is 7.82. The summed E-state index contributed by atoms with van der Waals surface area (Å²) < 4.78 is 17.4. The zero-order valence-corrected chi connectivity index (χ0v) is 13.8. The number of nitrogens with one attached hydrogen (secondary N) is 1. The quantitative estimate of drug-likeness (QED) is 0.620. The Bertz CT molecular complexity index is 1050. The number of hydrogen-bond donors (Lipinski definition) is 1. The minimum atomic E-state index is -0.358. The van der Waals surface area contributed by atoms with Crippen molar-refractivity contribution in [3.8, 4) is 11.4 Å². The van der Waals surface area contributed by atoms with Crippen molar-refractivity contribution in [2.45, 2.75) is 13.5 Å². The first-order chi connectivity index (χ1) is 12.1. The van der Waals surface area contributed by atoms with Gasteiger partial charge >= 0.3 is 0 Å². The monoisotopic (exact) mass is 337 g/mol.